The minimum Gasteiger partial charge on any atom is -0.392 e. The fraction of sp³-hybridized carbons (Fsp3) is 0.600. The molecule has 0 saturated heterocycles. The summed E-state index contributed by atoms with van der Waals surface area (Å²) in [4.78, 5) is 22.0. The third kappa shape index (κ3) is 3.27. The molecule has 8 nitrogen and oxygen atoms in total. The summed E-state index contributed by atoms with van der Waals surface area (Å²) in [6, 6.07) is 0. The third-order valence-corrected chi connectivity index (χ3v) is 2.27. The fourth-order valence-corrected chi connectivity index (χ4v) is 1.48. The second kappa shape index (κ2) is 6.10. The van der Waals surface area contributed by atoms with E-state index in [4.69, 9.17) is 5.11 Å². The number of nitro groups is 1. The van der Waals surface area contributed by atoms with Crippen molar-refractivity contribution < 1.29 is 14.8 Å². The van der Waals surface area contributed by atoms with E-state index in [9.17, 15) is 14.9 Å². The van der Waals surface area contributed by atoms with Gasteiger partial charge in [-0.2, -0.15) is 5.10 Å². The molecule has 1 amide bonds. The molecule has 0 aliphatic heterocycles. The minimum absolute atomic E-state index is 0.0198. The van der Waals surface area contributed by atoms with Crippen LogP contribution in [0.5, 0.6) is 0 Å². The first-order chi connectivity index (χ1) is 8.47. The molecule has 0 spiro atoms. The number of carbonyl (C=O) groups is 1. The monoisotopic (exact) mass is 256 g/mol. The maximum atomic E-state index is 11.7. The van der Waals surface area contributed by atoms with E-state index < -0.39 is 16.9 Å². The van der Waals surface area contributed by atoms with E-state index in [1.807, 2.05) is 6.92 Å². The highest BCUT2D eigenvalue weighted by atomic mass is 16.6. The number of aryl methyl sites for hydroxylation is 1. The van der Waals surface area contributed by atoms with E-state index in [1.54, 1.807) is 0 Å². The van der Waals surface area contributed by atoms with Crippen LogP contribution in [0.2, 0.25) is 0 Å². The minimum atomic E-state index is -0.720. The van der Waals surface area contributed by atoms with E-state index in [-0.39, 0.29) is 17.9 Å². The van der Waals surface area contributed by atoms with Crippen molar-refractivity contribution in [3.8, 4) is 0 Å². The zero-order chi connectivity index (χ0) is 13.7. The van der Waals surface area contributed by atoms with Gasteiger partial charge >= 0.3 is 5.69 Å². The van der Waals surface area contributed by atoms with Gasteiger partial charge in [0, 0.05) is 6.54 Å². The molecular formula is C10H16N4O4. The molecule has 0 radical (unpaired) electrons. The number of rotatable bonds is 6. The molecule has 18 heavy (non-hydrogen) atoms. The van der Waals surface area contributed by atoms with Crippen molar-refractivity contribution in [2.24, 2.45) is 0 Å². The zero-order valence-electron chi connectivity index (χ0n) is 10.3. The molecule has 0 bridgehead atoms. The van der Waals surface area contributed by atoms with Crippen molar-refractivity contribution in [2.45, 2.75) is 32.8 Å². The lowest BCUT2D eigenvalue weighted by molar-refractivity contribution is -0.385. The molecule has 1 aromatic heterocycles. The molecule has 0 aliphatic carbocycles. The Bertz CT molecular complexity index is 441. The summed E-state index contributed by atoms with van der Waals surface area (Å²) < 4.78 is 0. The van der Waals surface area contributed by atoms with Gasteiger partial charge in [-0.15, -0.1) is 0 Å². The van der Waals surface area contributed by atoms with Crippen LogP contribution in [0.3, 0.4) is 0 Å². The number of H-pyrrole nitrogens is 1. The number of nitrogens with zero attached hydrogens (tertiary/aromatic N) is 2. The maximum Gasteiger partial charge on any atom is 0.322 e. The van der Waals surface area contributed by atoms with Gasteiger partial charge in [-0.1, -0.05) is 13.3 Å². The second-order valence-electron chi connectivity index (χ2n) is 3.97. The first kappa shape index (κ1) is 14.1. The van der Waals surface area contributed by atoms with Gasteiger partial charge in [-0.3, -0.25) is 20.0 Å². The Morgan fingerprint density at radius 2 is 2.33 bits per heavy atom. The maximum absolute atomic E-state index is 11.7. The predicted octanol–water partition coefficient (Wildman–Crippen LogP) is 0.381. The molecule has 100 valence electrons. The number of carbonyl (C=O) groups excluding carboxylic acids is 1. The topological polar surface area (TPSA) is 121 Å². The highest BCUT2D eigenvalue weighted by Gasteiger charge is 2.28. The molecule has 0 saturated carbocycles. The predicted molar refractivity (Wildman–Crippen MR) is 63.3 cm³/mol. The van der Waals surface area contributed by atoms with Crippen LogP contribution in [0.4, 0.5) is 5.69 Å². The number of aliphatic hydroxyl groups excluding tert-OH is 1. The van der Waals surface area contributed by atoms with Gasteiger partial charge in [0.15, 0.2) is 0 Å². The molecule has 0 aliphatic rings. The molecule has 0 aromatic carbocycles. The van der Waals surface area contributed by atoms with Crippen LogP contribution >= 0.6 is 0 Å². The molecular weight excluding hydrogens is 240 g/mol. The quantitative estimate of drug-likeness (QED) is 0.502. The van der Waals surface area contributed by atoms with E-state index in [0.717, 1.165) is 0 Å². The lowest BCUT2D eigenvalue weighted by atomic mass is 10.2. The van der Waals surface area contributed by atoms with Gasteiger partial charge in [0.05, 0.1) is 11.0 Å². The molecule has 8 heteroatoms. The highest BCUT2D eigenvalue weighted by Crippen LogP contribution is 2.22. The lowest BCUT2D eigenvalue weighted by Gasteiger charge is -2.04. The smallest absolute Gasteiger partial charge is 0.322 e. The largest absolute Gasteiger partial charge is 0.392 e. The molecule has 3 N–H and O–H groups in total. The Morgan fingerprint density at radius 3 is 2.83 bits per heavy atom. The first-order valence-corrected chi connectivity index (χ1v) is 5.65. The summed E-state index contributed by atoms with van der Waals surface area (Å²) in [5, 5.41) is 28.5. The standard InChI is InChI=1S/C10H16N4O4/c1-3-4-7-9(14(17)18)8(13-12-7)10(16)11-5-6(2)15/h6,15H,3-5H2,1-2H3,(H,11,16)(H,12,13). The third-order valence-electron chi connectivity index (χ3n) is 2.27. The van der Waals surface area contributed by atoms with Crippen molar-refractivity contribution >= 4 is 11.6 Å². The summed E-state index contributed by atoms with van der Waals surface area (Å²) in [6.45, 7) is 3.39. The average Bonchev–Trinajstić information content (AvgIpc) is 2.70. The lowest BCUT2D eigenvalue weighted by Crippen LogP contribution is -2.31. The highest BCUT2D eigenvalue weighted by molar-refractivity contribution is 5.96. The SMILES string of the molecule is CCCc1[nH]nc(C(=O)NCC(C)O)c1[N+](=O)[O-]. The fourth-order valence-electron chi connectivity index (χ4n) is 1.48. The van der Waals surface area contributed by atoms with Crippen molar-refractivity contribution in [2.75, 3.05) is 6.54 Å². The van der Waals surface area contributed by atoms with Crippen LogP contribution in [0.25, 0.3) is 0 Å². The summed E-state index contributed by atoms with van der Waals surface area (Å²) in [5.74, 6) is -0.666. The molecule has 1 rings (SSSR count). The number of hydrogen-bond acceptors (Lipinski definition) is 5. The summed E-state index contributed by atoms with van der Waals surface area (Å²) in [6.07, 6.45) is 0.437. The van der Waals surface area contributed by atoms with Crippen LogP contribution in [0.15, 0.2) is 0 Å². The van der Waals surface area contributed by atoms with E-state index in [0.29, 0.717) is 18.5 Å². The van der Waals surface area contributed by atoms with E-state index in [2.05, 4.69) is 15.5 Å². The number of aromatic nitrogens is 2. The number of aromatic amines is 1. The van der Waals surface area contributed by atoms with Crippen molar-refractivity contribution in [3.05, 3.63) is 21.5 Å². The van der Waals surface area contributed by atoms with Crippen molar-refractivity contribution in [3.63, 3.8) is 0 Å². The summed E-state index contributed by atoms with van der Waals surface area (Å²) in [5.41, 5.74) is -0.200. The van der Waals surface area contributed by atoms with Crippen LogP contribution in [-0.4, -0.2) is 38.8 Å². The molecule has 0 fully saturated rings. The Balaban J connectivity index is 2.94. The van der Waals surface area contributed by atoms with Gasteiger partial charge in [-0.05, 0) is 13.3 Å². The molecule has 1 unspecified atom stereocenters. The summed E-state index contributed by atoms with van der Waals surface area (Å²) >= 11 is 0. The normalized spacial score (nSPS) is 12.2. The van der Waals surface area contributed by atoms with Gasteiger partial charge in [-0.25, -0.2) is 0 Å². The van der Waals surface area contributed by atoms with E-state index in [1.165, 1.54) is 6.92 Å². The number of amides is 1. The first-order valence-electron chi connectivity index (χ1n) is 5.65. The van der Waals surface area contributed by atoms with Gasteiger partial charge in [0.2, 0.25) is 5.69 Å². The second-order valence-corrected chi connectivity index (χ2v) is 3.97. The summed E-state index contributed by atoms with van der Waals surface area (Å²) in [7, 11) is 0. The van der Waals surface area contributed by atoms with Crippen molar-refractivity contribution in [1.29, 1.82) is 0 Å². The number of nitrogens with one attached hydrogen (secondary N) is 2. The Hall–Kier alpha value is -1.96. The van der Waals surface area contributed by atoms with Crippen LogP contribution in [-0.2, 0) is 6.42 Å². The Labute approximate surface area is 104 Å². The Kier molecular flexibility index (Phi) is 4.78. The van der Waals surface area contributed by atoms with Gasteiger partial charge < -0.3 is 10.4 Å². The molecule has 1 aromatic rings. The van der Waals surface area contributed by atoms with Crippen LogP contribution in [0.1, 0.15) is 36.5 Å². The molecule has 1 atom stereocenters. The van der Waals surface area contributed by atoms with Crippen molar-refractivity contribution in [1.82, 2.24) is 15.5 Å². The van der Waals surface area contributed by atoms with Gasteiger partial charge in [0.1, 0.15) is 5.69 Å². The van der Waals surface area contributed by atoms with Crippen LogP contribution in [0, 0.1) is 10.1 Å². The van der Waals surface area contributed by atoms with Crippen LogP contribution < -0.4 is 5.32 Å². The Morgan fingerprint density at radius 1 is 1.67 bits per heavy atom. The molecule has 1 heterocycles. The van der Waals surface area contributed by atoms with Gasteiger partial charge in [0.25, 0.3) is 5.91 Å². The van der Waals surface area contributed by atoms with E-state index >= 15 is 0 Å². The average molecular weight is 256 g/mol. The zero-order valence-corrected chi connectivity index (χ0v) is 10.3. The number of aliphatic hydroxyl groups is 1. The number of hydrogen-bond donors (Lipinski definition) is 3.